The summed E-state index contributed by atoms with van der Waals surface area (Å²) in [5, 5.41) is 9.63. The first-order valence-electron chi connectivity index (χ1n) is 11.4. The van der Waals surface area contributed by atoms with Gasteiger partial charge in [0.15, 0.2) is 11.6 Å². The highest BCUT2D eigenvalue weighted by Gasteiger charge is 2.18. The van der Waals surface area contributed by atoms with Gasteiger partial charge in [0, 0.05) is 17.2 Å². The molecule has 0 spiro atoms. The molecule has 7 heteroatoms. The predicted octanol–water partition coefficient (Wildman–Crippen LogP) is 7.28. The zero-order valence-electron chi connectivity index (χ0n) is 19.9. The van der Waals surface area contributed by atoms with E-state index in [0.717, 1.165) is 6.07 Å². The van der Waals surface area contributed by atoms with E-state index in [2.05, 4.69) is 6.58 Å². The van der Waals surface area contributed by atoms with E-state index in [1.165, 1.54) is 54.6 Å². The summed E-state index contributed by atoms with van der Waals surface area (Å²) >= 11 is 0. The van der Waals surface area contributed by atoms with Gasteiger partial charge in [0.2, 0.25) is 0 Å². The highest BCUT2D eigenvalue weighted by atomic mass is 19.2. The van der Waals surface area contributed by atoms with Crippen LogP contribution in [0, 0.1) is 17.5 Å². The fourth-order valence-electron chi connectivity index (χ4n) is 3.71. The van der Waals surface area contributed by atoms with Crippen LogP contribution in [-0.2, 0) is 0 Å². The van der Waals surface area contributed by atoms with Crippen LogP contribution in [0.5, 0.6) is 11.5 Å². The lowest BCUT2D eigenvalue weighted by molar-refractivity contribution is 0.0730. The van der Waals surface area contributed by atoms with Crippen molar-refractivity contribution in [3.63, 3.8) is 0 Å². The van der Waals surface area contributed by atoms with Gasteiger partial charge in [-0.25, -0.2) is 18.0 Å². The molecule has 37 heavy (non-hydrogen) atoms. The number of carbonyl (C=O) groups excluding carboxylic acids is 1. The molecule has 0 amide bonds. The number of aliphatic hydroxyl groups excluding tert-OH is 1. The first kappa shape index (κ1) is 25.7. The summed E-state index contributed by atoms with van der Waals surface area (Å²) in [6, 6.07) is 19.0. The summed E-state index contributed by atoms with van der Waals surface area (Å²) < 4.78 is 54.7. The monoisotopic (exact) mass is 504 g/mol. The summed E-state index contributed by atoms with van der Waals surface area (Å²) in [7, 11) is 0. The molecule has 4 nitrogen and oxygen atoms in total. The normalized spacial score (nSPS) is 11.6. The Morgan fingerprint density at radius 1 is 0.865 bits per heavy atom. The molecule has 4 aromatic carbocycles. The van der Waals surface area contributed by atoms with E-state index in [1.54, 1.807) is 31.2 Å². The molecule has 4 aromatic rings. The number of ether oxygens (including phenoxy) is 2. The minimum atomic E-state index is -1.03. The van der Waals surface area contributed by atoms with E-state index in [1.807, 2.05) is 0 Å². The van der Waals surface area contributed by atoms with Crippen LogP contribution >= 0.6 is 0 Å². The minimum absolute atomic E-state index is 0.0286. The van der Waals surface area contributed by atoms with E-state index in [9.17, 15) is 23.1 Å². The van der Waals surface area contributed by atoms with Crippen LogP contribution in [0.1, 0.15) is 28.9 Å². The van der Waals surface area contributed by atoms with E-state index < -0.39 is 29.5 Å². The van der Waals surface area contributed by atoms with Gasteiger partial charge in [0.05, 0.1) is 11.7 Å². The van der Waals surface area contributed by atoms with Crippen LogP contribution in [-0.4, -0.2) is 17.7 Å². The number of carbonyl (C=O) groups is 1. The Morgan fingerprint density at radius 3 is 1.92 bits per heavy atom. The molecule has 0 aliphatic heterocycles. The molecule has 188 valence electrons. The van der Waals surface area contributed by atoms with Gasteiger partial charge >= 0.3 is 5.97 Å². The average molecular weight is 505 g/mol. The fraction of sp³-hybridized carbons (Fsp3) is 0.100. The van der Waals surface area contributed by atoms with Crippen LogP contribution in [0.15, 0.2) is 91.5 Å². The van der Waals surface area contributed by atoms with Crippen molar-refractivity contribution < 1.29 is 32.5 Å². The van der Waals surface area contributed by atoms with Gasteiger partial charge < -0.3 is 14.6 Å². The number of benzene rings is 4. The van der Waals surface area contributed by atoms with Crippen LogP contribution < -0.4 is 9.47 Å². The molecule has 0 heterocycles. The summed E-state index contributed by atoms with van der Waals surface area (Å²) in [4.78, 5) is 12.4. The van der Waals surface area contributed by atoms with E-state index in [0.29, 0.717) is 16.7 Å². The van der Waals surface area contributed by atoms with Crippen molar-refractivity contribution in [3.05, 3.63) is 120 Å². The molecule has 0 saturated carbocycles. The third-order valence-electron chi connectivity index (χ3n) is 5.69. The standard InChI is InChI=1S/C30H23F3O4/c1-3-16-36-23-12-13-26(27(31)17-23)30(35)37-22-10-8-21(9-11-22)25-15-14-24(28(32)29(25)33)20-6-4-19(5-7-20)18(2)34/h3-15,17-18,34H,1,16H2,2H3. The molecular weight excluding hydrogens is 481 g/mol. The van der Waals surface area contributed by atoms with Crippen molar-refractivity contribution >= 4 is 5.97 Å². The smallest absolute Gasteiger partial charge is 0.346 e. The quantitative estimate of drug-likeness (QED) is 0.156. The first-order valence-corrected chi connectivity index (χ1v) is 11.4. The lowest BCUT2D eigenvalue weighted by Gasteiger charge is -2.11. The Bertz CT molecular complexity index is 1430. The maximum Gasteiger partial charge on any atom is 0.346 e. The second-order valence-corrected chi connectivity index (χ2v) is 8.24. The molecule has 0 aliphatic rings. The molecule has 0 aliphatic carbocycles. The maximum atomic E-state index is 15.0. The largest absolute Gasteiger partial charge is 0.489 e. The third-order valence-corrected chi connectivity index (χ3v) is 5.69. The molecule has 0 radical (unpaired) electrons. The lowest BCUT2D eigenvalue weighted by Crippen LogP contribution is -2.11. The highest BCUT2D eigenvalue weighted by molar-refractivity contribution is 5.91. The molecule has 0 fully saturated rings. The van der Waals surface area contributed by atoms with E-state index >= 15 is 0 Å². The van der Waals surface area contributed by atoms with Crippen molar-refractivity contribution in [2.75, 3.05) is 6.61 Å². The van der Waals surface area contributed by atoms with Gasteiger partial charge in [0.25, 0.3) is 0 Å². The summed E-state index contributed by atoms with van der Waals surface area (Å²) in [6.45, 7) is 5.32. The van der Waals surface area contributed by atoms with Crippen LogP contribution in [0.2, 0.25) is 0 Å². The molecule has 0 saturated heterocycles. The number of aliphatic hydroxyl groups is 1. The van der Waals surface area contributed by atoms with E-state index in [-0.39, 0.29) is 34.8 Å². The zero-order valence-corrected chi connectivity index (χ0v) is 19.9. The van der Waals surface area contributed by atoms with Gasteiger partial charge in [-0.3, -0.25) is 0 Å². The van der Waals surface area contributed by atoms with Crippen molar-refractivity contribution in [3.8, 4) is 33.8 Å². The molecule has 4 rings (SSSR count). The van der Waals surface area contributed by atoms with Crippen molar-refractivity contribution in [1.29, 1.82) is 0 Å². The van der Waals surface area contributed by atoms with Gasteiger partial charge in [-0.2, -0.15) is 0 Å². The third kappa shape index (κ3) is 5.73. The fourth-order valence-corrected chi connectivity index (χ4v) is 3.71. The van der Waals surface area contributed by atoms with E-state index in [4.69, 9.17) is 9.47 Å². The summed E-state index contributed by atoms with van der Waals surface area (Å²) in [5.74, 6) is -3.40. The second-order valence-electron chi connectivity index (χ2n) is 8.24. The van der Waals surface area contributed by atoms with Crippen molar-refractivity contribution in [2.24, 2.45) is 0 Å². The second kappa shape index (κ2) is 11.1. The number of rotatable bonds is 8. The van der Waals surface area contributed by atoms with Gasteiger partial charge in [-0.1, -0.05) is 61.2 Å². The summed E-state index contributed by atoms with van der Waals surface area (Å²) in [5.41, 5.74) is 1.34. The Hall–Kier alpha value is -4.36. The van der Waals surface area contributed by atoms with Crippen LogP contribution in [0.4, 0.5) is 13.2 Å². The highest BCUT2D eigenvalue weighted by Crippen LogP contribution is 2.33. The maximum absolute atomic E-state index is 15.0. The zero-order chi connectivity index (χ0) is 26.5. The SMILES string of the molecule is C=CCOc1ccc(C(=O)Oc2ccc(-c3ccc(-c4ccc(C(C)O)cc4)c(F)c3F)cc2)c(F)c1. The predicted molar refractivity (Wildman–Crippen MR) is 135 cm³/mol. The first-order chi connectivity index (χ1) is 17.8. The number of halogens is 3. The average Bonchev–Trinajstić information content (AvgIpc) is 2.89. The molecule has 0 bridgehead atoms. The van der Waals surface area contributed by atoms with Gasteiger partial charge in [0.1, 0.15) is 23.9 Å². The number of esters is 1. The summed E-state index contributed by atoms with van der Waals surface area (Å²) in [6.07, 6.45) is 0.845. The molecule has 1 atom stereocenters. The van der Waals surface area contributed by atoms with Crippen LogP contribution in [0.3, 0.4) is 0 Å². The Labute approximate surface area is 212 Å². The molecule has 0 aromatic heterocycles. The lowest BCUT2D eigenvalue weighted by atomic mass is 9.97. The number of hydrogen-bond acceptors (Lipinski definition) is 4. The Kier molecular flexibility index (Phi) is 7.74. The molecule has 1 N–H and O–H groups in total. The van der Waals surface area contributed by atoms with Crippen LogP contribution in [0.25, 0.3) is 22.3 Å². The molecule has 1 unspecified atom stereocenters. The minimum Gasteiger partial charge on any atom is -0.489 e. The van der Waals surface area contributed by atoms with Gasteiger partial charge in [-0.15, -0.1) is 0 Å². The van der Waals surface area contributed by atoms with Crippen molar-refractivity contribution in [1.82, 2.24) is 0 Å². The van der Waals surface area contributed by atoms with Gasteiger partial charge in [-0.05, 0) is 47.9 Å². The number of hydrogen-bond donors (Lipinski definition) is 1. The van der Waals surface area contributed by atoms with Crippen molar-refractivity contribution in [2.45, 2.75) is 13.0 Å². The Balaban J connectivity index is 1.50. The topological polar surface area (TPSA) is 55.8 Å². The Morgan fingerprint density at radius 2 is 1.41 bits per heavy atom. The molecular formula is C30H23F3O4.